The Bertz CT molecular complexity index is 1730. The second-order valence-electron chi connectivity index (χ2n) is 13.8. The van der Waals surface area contributed by atoms with E-state index in [0.29, 0.717) is 31.1 Å². The Balaban J connectivity index is 1.08. The van der Waals surface area contributed by atoms with Gasteiger partial charge in [0.2, 0.25) is 6.35 Å². The summed E-state index contributed by atoms with van der Waals surface area (Å²) < 4.78 is 51.1. The van der Waals surface area contributed by atoms with Crippen LogP contribution in [-0.2, 0) is 37.2 Å². The number of carbonyl (C=O) groups excluding carboxylic acids is 1. The summed E-state index contributed by atoms with van der Waals surface area (Å²) in [5.74, 6) is 0.922. The van der Waals surface area contributed by atoms with E-state index < -0.39 is 34.6 Å². The highest BCUT2D eigenvalue weighted by molar-refractivity contribution is 7.89. The van der Waals surface area contributed by atoms with Gasteiger partial charge >= 0.3 is 6.09 Å². The highest BCUT2D eigenvalue weighted by atomic mass is 32.2. The third-order valence-electron chi connectivity index (χ3n) is 9.75. The van der Waals surface area contributed by atoms with Crippen LogP contribution in [0.4, 0.5) is 10.5 Å². The second kappa shape index (κ2) is 14.8. The van der Waals surface area contributed by atoms with E-state index >= 15 is 0 Å². The molecule has 3 heterocycles. The van der Waals surface area contributed by atoms with E-state index in [0.717, 1.165) is 17.5 Å². The number of alkyl carbamates (subject to hydrolysis) is 1. The first-order chi connectivity index (χ1) is 24.1. The molecule has 7 rings (SSSR count). The fourth-order valence-corrected chi connectivity index (χ4v) is 8.50. The number of aliphatic hydroxyl groups is 1. The molecule has 268 valence electrons. The van der Waals surface area contributed by atoms with Crippen molar-refractivity contribution >= 4 is 21.8 Å². The Morgan fingerprint density at radius 1 is 1.00 bits per heavy atom. The van der Waals surface area contributed by atoms with Crippen molar-refractivity contribution in [3.8, 4) is 5.75 Å². The van der Waals surface area contributed by atoms with Crippen molar-refractivity contribution in [2.45, 2.75) is 75.1 Å². The number of hydrazine groups is 1. The van der Waals surface area contributed by atoms with E-state index in [-0.39, 0.29) is 54.2 Å². The van der Waals surface area contributed by atoms with Gasteiger partial charge in [-0.25, -0.2) is 18.2 Å². The minimum atomic E-state index is -4.11. The molecule has 50 heavy (non-hydrogen) atoms. The maximum absolute atomic E-state index is 13.8. The highest BCUT2D eigenvalue weighted by Gasteiger charge is 2.56. The van der Waals surface area contributed by atoms with E-state index in [1.807, 2.05) is 74.5 Å². The fraction of sp³-hybridized carbons (Fsp3) is 0.472. The maximum Gasteiger partial charge on any atom is 0.407 e. The number of nitrogens with one attached hydrogen (secondary N) is 4. The Morgan fingerprint density at radius 3 is 2.46 bits per heavy atom. The quantitative estimate of drug-likeness (QED) is 0.157. The van der Waals surface area contributed by atoms with Gasteiger partial charge in [0.25, 0.3) is 10.0 Å². The Morgan fingerprint density at radius 2 is 1.72 bits per heavy atom. The topological polar surface area (TPSA) is 160 Å². The van der Waals surface area contributed by atoms with Gasteiger partial charge in [0, 0.05) is 36.9 Å². The van der Waals surface area contributed by atoms with Gasteiger partial charge in [-0.3, -0.25) is 5.32 Å². The van der Waals surface area contributed by atoms with Crippen LogP contribution in [0.1, 0.15) is 31.4 Å². The summed E-state index contributed by atoms with van der Waals surface area (Å²) in [6.45, 7) is 4.94. The molecule has 2 bridgehead atoms. The number of aliphatic hydroxyl groups excluding tert-OH is 1. The van der Waals surface area contributed by atoms with E-state index in [2.05, 4.69) is 20.8 Å². The van der Waals surface area contributed by atoms with Crippen LogP contribution in [0.25, 0.3) is 0 Å². The van der Waals surface area contributed by atoms with Gasteiger partial charge in [0.05, 0.1) is 35.9 Å². The summed E-state index contributed by atoms with van der Waals surface area (Å²) in [4.78, 5) is 16.2. The first-order valence-electron chi connectivity index (χ1n) is 17.2. The van der Waals surface area contributed by atoms with Gasteiger partial charge in [0.15, 0.2) is 6.29 Å². The van der Waals surface area contributed by atoms with Crippen molar-refractivity contribution in [2.24, 2.45) is 17.8 Å². The Hall–Kier alpha value is -3.76. The molecule has 3 aliphatic heterocycles. The lowest BCUT2D eigenvalue weighted by Gasteiger charge is -2.31. The third-order valence-corrected chi connectivity index (χ3v) is 11.1. The summed E-state index contributed by atoms with van der Waals surface area (Å²) >= 11 is 0. The van der Waals surface area contributed by atoms with Gasteiger partial charge in [0.1, 0.15) is 11.9 Å². The first-order valence-corrected chi connectivity index (χ1v) is 18.7. The average molecular weight is 708 g/mol. The van der Waals surface area contributed by atoms with E-state index in [4.69, 9.17) is 18.9 Å². The summed E-state index contributed by atoms with van der Waals surface area (Å²) in [6, 6.07) is 22.8. The number of sulfonamides is 1. The lowest BCUT2D eigenvalue weighted by Crippen LogP contribution is -2.53. The molecule has 0 aromatic heterocycles. The number of amides is 1. The number of anilines is 1. The van der Waals surface area contributed by atoms with Gasteiger partial charge < -0.3 is 34.7 Å². The number of hydrogen-bond donors (Lipinski definition) is 5. The number of hydrogen-bond acceptors (Lipinski definition) is 11. The van der Waals surface area contributed by atoms with Gasteiger partial charge in [-0.05, 0) is 56.0 Å². The summed E-state index contributed by atoms with van der Waals surface area (Å²) in [5, 5.41) is 22.5. The fourth-order valence-electron chi connectivity index (χ4n) is 7.39. The molecule has 3 aromatic rings. The molecule has 6 unspecified atom stereocenters. The molecule has 1 amide bonds. The molecular weight excluding hydrogens is 662 g/mol. The molecule has 5 N–H and O–H groups in total. The Labute approximate surface area is 292 Å². The minimum absolute atomic E-state index is 0.0246. The number of nitrogens with zero attached hydrogens (tertiary/aromatic N) is 1. The molecule has 13 nitrogen and oxygen atoms in total. The van der Waals surface area contributed by atoms with E-state index in [9.17, 15) is 18.3 Å². The summed E-state index contributed by atoms with van der Waals surface area (Å²) in [6.07, 6.45) is -1.71. The standard InChI is InChI=1S/C36H45N5O8S/c1-22(2)37-35-38-30-17-26(13-14-32(30)48-35)50(44,45)40-41(18-24-11-7-4-8-12-24)19-31(42)29(15-23-9-5-3-6-10-23)39-36(43)49-33-25-16-27-28(33)21-47-34(27)46-20-25/h3-14,17,22,25,27-29,31,33-35,37-38,40,42H,15-16,18-21H2,1-2H3,(H,39,43)/t25?,27?,28?,29-,31+,33?,34?,35?/m0/s1. The largest absolute Gasteiger partial charge is 0.455 e. The van der Waals surface area contributed by atoms with Crippen LogP contribution in [-0.4, -0.2) is 81.3 Å². The van der Waals surface area contributed by atoms with Crippen molar-refractivity contribution < 1.29 is 37.3 Å². The monoisotopic (exact) mass is 707 g/mol. The highest BCUT2D eigenvalue weighted by Crippen LogP contribution is 2.49. The van der Waals surface area contributed by atoms with Gasteiger partial charge in [-0.1, -0.05) is 60.7 Å². The van der Waals surface area contributed by atoms with Crippen LogP contribution >= 0.6 is 0 Å². The molecule has 4 aliphatic rings. The zero-order chi connectivity index (χ0) is 34.8. The molecule has 0 radical (unpaired) electrons. The lowest BCUT2D eigenvalue weighted by atomic mass is 9.98. The molecule has 1 aliphatic carbocycles. The van der Waals surface area contributed by atoms with Crippen LogP contribution in [0.5, 0.6) is 5.75 Å². The van der Waals surface area contributed by atoms with Crippen molar-refractivity contribution in [2.75, 3.05) is 25.1 Å². The normalized spacial score (nSPS) is 26.3. The molecule has 14 heteroatoms. The maximum atomic E-state index is 13.8. The minimum Gasteiger partial charge on any atom is -0.455 e. The van der Waals surface area contributed by atoms with Gasteiger partial charge in [-0.15, -0.1) is 4.83 Å². The van der Waals surface area contributed by atoms with Crippen molar-refractivity contribution in [3.05, 3.63) is 90.0 Å². The van der Waals surface area contributed by atoms with Crippen molar-refractivity contribution in [3.63, 3.8) is 0 Å². The molecule has 3 fully saturated rings. The number of rotatable bonds is 14. The lowest BCUT2D eigenvalue weighted by molar-refractivity contribution is -0.169. The summed E-state index contributed by atoms with van der Waals surface area (Å²) in [5.41, 5.74) is 2.26. The smallest absolute Gasteiger partial charge is 0.407 e. The molecule has 2 saturated heterocycles. The van der Waals surface area contributed by atoms with E-state index in [1.165, 1.54) is 17.1 Å². The predicted octanol–water partition coefficient (Wildman–Crippen LogP) is 3.17. The number of benzene rings is 3. The van der Waals surface area contributed by atoms with Crippen LogP contribution in [0.15, 0.2) is 83.8 Å². The van der Waals surface area contributed by atoms with Gasteiger partial charge in [-0.2, -0.15) is 0 Å². The first kappa shape index (κ1) is 34.7. The van der Waals surface area contributed by atoms with Crippen molar-refractivity contribution in [1.82, 2.24) is 20.5 Å². The zero-order valence-electron chi connectivity index (χ0n) is 28.1. The molecule has 8 atom stereocenters. The number of ether oxygens (including phenoxy) is 4. The average Bonchev–Trinajstić information content (AvgIpc) is 3.76. The van der Waals surface area contributed by atoms with Crippen LogP contribution in [0.2, 0.25) is 0 Å². The van der Waals surface area contributed by atoms with Crippen molar-refractivity contribution in [1.29, 1.82) is 0 Å². The second-order valence-corrected chi connectivity index (χ2v) is 15.5. The van der Waals surface area contributed by atoms with Crippen LogP contribution in [0.3, 0.4) is 0 Å². The Kier molecular flexibility index (Phi) is 10.3. The molecular formula is C36H45N5O8S. The van der Waals surface area contributed by atoms with Crippen LogP contribution in [0, 0.1) is 17.8 Å². The van der Waals surface area contributed by atoms with E-state index in [1.54, 1.807) is 6.07 Å². The molecule has 1 saturated carbocycles. The predicted molar refractivity (Wildman–Crippen MR) is 184 cm³/mol. The SMILES string of the molecule is CC(C)NC1Nc2cc(S(=O)(=O)NN(Cc3ccccc3)C[C@@H](O)[C@H](Cc3ccccc3)NC(=O)OC3C4COC5OCC3C5C4)ccc2O1. The molecule has 0 spiro atoms. The number of fused-ring (bicyclic) bond motifs is 2. The summed E-state index contributed by atoms with van der Waals surface area (Å²) in [7, 11) is -4.11. The third kappa shape index (κ3) is 7.91. The molecule has 3 aromatic carbocycles. The zero-order valence-corrected chi connectivity index (χ0v) is 28.9. The van der Waals surface area contributed by atoms with Crippen LogP contribution < -0.4 is 25.5 Å². The number of carbonyl (C=O) groups is 1.